The molecule has 0 unspecified atom stereocenters. The van der Waals surface area contributed by atoms with E-state index in [9.17, 15) is 0 Å². The van der Waals surface area contributed by atoms with Gasteiger partial charge in [0, 0.05) is 19.4 Å². The molecular formula is C10H11N3. The molecule has 0 bridgehead atoms. The van der Waals surface area contributed by atoms with Gasteiger partial charge in [-0.1, -0.05) is 18.2 Å². The third-order valence-corrected chi connectivity index (χ3v) is 2.59. The van der Waals surface area contributed by atoms with Gasteiger partial charge in [-0.3, -0.25) is 10.0 Å². The van der Waals surface area contributed by atoms with Gasteiger partial charge in [0.1, 0.15) is 0 Å². The molecule has 0 radical (unpaired) electrons. The smallest absolute Gasteiger partial charge is 0.0668 e. The average Bonchev–Trinajstić information content (AvgIpc) is 2.67. The lowest BCUT2D eigenvalue weighted by atomic mass is 10.2. The predicted octanol–water partition coefficient (Wildman–Crippen LogP) is 1.56. The first-order valence-corrected chi connectivity index (χ1v) is 4.42. The molecule has 0 atom stereocenters. The van der Waals surface area contributed by atoms with Crippen molar-refractivity contribution in [3.05, 3.63) is 42.2 Å². The standard InChI is InChI=1S/C10H11N3/c1-11-6-7-12-10-5-3-2-4-9(10)8-13(11)12/h2-7H,8H2,1H3. The van der Waals surface area contributed by atoms with Crippen LogP contribution in [0.25, 0.3) is 0 Å². The van der Waals surface area contributed by atoms with E-state index in [4.69, 9.17) is 0 Å². The van der Waals surface area contributed by atoms with Crippen LogP contribution < -0.4 is 5.01 Å². The molecule has 66 valence electrons. The Balaban J connectivity index is 2.09. The van der Waals surface area contributed by atoms with Crippen molar-refractivity contribution >= 4 is 5.69 Å². The van der Waals surface area contributed by atoms with Gasteiger partial charge in [0.25, 0.3) is 0 Å². The third kappa shape index (κ3) is 0.820. The molecule has 0 aromatic heterocycles. The van der Waals surface area contributed by atoms with Crippen molar-refractivity contribution in [1.82, 2.24) is 10.1 Å². The molecule has 1 aromatic carbocycles. The lowest BCUT2D eigenvalue weighted by Gasteiger charge is -2.26. The Hall–Kier alpha value is -1.48. The molecule has 2 heterocycles. The van der Waals surface area contributed by atoms with E-state index >= 15 is 0 Å². The van der Waals surface area contributed by atoms with E-state index in [-0.39, 0.29) is 0 Å². The summed E-state index contributed by atoms with van der Waals surface area (Å²) in [6.45, 7) is 0.972. The van der Waals surface area contributed by atoms with Crippen LogP contribution in [-0.4, -0.2) is 17.2 Å². The van der Waals surface area contributed by atoms with E-state index in [2.05, 4.69) is 58.8 Å². The van der Waals surface area contributed by atoms with Gasteiger partial charge >= 0.3 is 0 Å². The lowest BCUT2D eigenvalue weighted by Crippen LogP contribution is -2.37. The van der Waals surface area contributed by atoms with Crippen LogP contribution in [0.3, 0.4) is 0 Å². The van der Waals surface area contributed by atoms with Crippen LogP contribution in [0.4, 0.5) is 5.69 Å². The number of hydrogen-bond donors (Lipinski definition) is 0. The van der Waals surface area contributed by atoms with E-state index in [0.29, 0.717) is 0 Å². The zero-order valence-electron chi connectivity index (χ0n) is 7.51. The van der Waals surface area contributed by atoms with E-state index in [0.717, 1.165) is 6.54 Å². The van der Waals surface area contributed by atoms with Crippen LogP contribution in [0, 0.1) is 0 Å². The first-order valence-electron chi connectivity index (χ1n) is 4.42. The van der Waals surface area contributed by atoms with E-state index in [1.807, 2.05) is 0 Å². The van der Waals surface area contributed by atoms with E-state index < -0.39 is 0 Å². The van der Waals surface area contributed by atoms with Crippen molar-refractivity contribution in [2.45, 2.75) is 6.54 Å². The number of benzene rings is 1. The van der Waals surface area contributed by atoms with Crippen LogP contribution in [0.15, 0.2) is 36.7 Å². The number of hydrazine groups is 2. The van der Waals surface area contributed by atoms with Gasteiger partial charge in [0.15, 0.2) is 0 Å². The molecule has 3 rings (SSSR count). The van der Waals surface area contributed by atoms with Gasteiger partial charge in [0.2, 0.25) is 0 Å². The minimum Gasteiger partial charge on any atom is -0.296 e. The fourth-order valence-electron chi connectivity index (χ4n) is 1.88. The van der Waals surface area contributed by atoms with Crippen LogP contribution in [-0.2, 0) is 6.54 Å². The van der Waals surface area contributed by atoms with Gasteiger partial charge in [-0.25, -0.2) is 0 Å². The van der Waals surface area contributed by atoms with Crippen molar-refractivity contribution in [3.63, 3.8) is 0 Å². The van der Waals surface area contributed by atoms with Crippen LogP contribution in [0.5, 0.6) is 0 Å². The van der Waals surface area contributed by atoms with Gasteiger partial charge in [-0.05, 0) is 11.6 Å². The summed E-state index contributed by atoms with van der Waals surface area (Å²) in [5, 5.41) is 6.47. The van der Waals surface area contributed by atoms with Crippen molar-refractivity contribution in [2.24, 2.45) is 0 Å². The molecule has 1 aromatic rings. The number of fused-ring (bicyclic) bond motifs is 3. The molecule has 3 nitrogen and oxygen atoms in total. The Morgan fingerprint density at radius 1 is 1.15 bits per heavy atom. The van der Waals surface area contributed by atoms with Gasteiger partial charge in [-0.2, -0.15) is 0 Å². The Morgan fingerprint density at radius 2 is 2.00 bits per heavy atom. The van der Waals surface area contributed by atoms with Gasteiger partial charge in [-0.15, -0.1) is 5.12 Å². The van der Waals surface area contributed by atoms with Crippen LogP contribution in [0.2, 0.25) is 0 Å². The number of hydrogen-bond acceptors (Lipinski definition) is 3. The SMILES string of the molecule is CN1C=CN2c3ccccc3CN12. The molecular weight excluding hydrogens is 162 g/mol. The molecule has 0 saturated heterocycles. The average molecular weight is 173 g/mol. The van der Waals surface area contributed by atoms with Crippen molar-refractivity contribution in [3.8, 4) is 0 Å². The van der Waals surface area contributed by atoms with Crippen LogP contribution in [0.1, 0.15) is 5.56 Å². The number of anilines is 1. The highest BCUT2D eigenvalue weighted by Crippen LogP contribution is 2.34. The quantitative estimate of drug-likeness (QED) is 0.589. The second-order valence-corrected chi connectivity index (χ2v) is 3.38. The highest BCUT2D eigenvalue weighted by atomic mass is 15.9. The zero-order valence-corrected chi connectivity index (χ0v) is 7.51. The summed E-state index contributed by atoms with van der Waals surface area (Å²) in [6, 6.07) is 8.49. The highest BCUT2D eigenvalue weighted by Gasteiger charge is 2.30. The molecule has 13 heavy (non-hydrogen) atoms. The number of nitrogens with zero attached hydrogens (tertiary/aromatic N) is 3. The minimum atomic E-state index is 0.972. The Bertz CT molecular complexity index is 372. The van der Waals surface area contributed by atoms with Crippen LogP contribution >= 0.6 is 0 Å². The Labute approximate surface area is 77.4 Å². The molecule has 0 saturated carbocycles. The van der Waals surface area contributed by atoms with E-state index in [1.165, 1.54) is 11.3 Å². The Kier molecular flexibility index (Phi) is 1.21. The lowest BCUT2D eigenvalue weighted by molar-refractivity contribution is 0.0681. The summed E-state index contributed by atoms with van der Waals surface area (Å²) in [5.41, 5.74) is 2.68. The summed E-state index contributed by atoms with van der Waals surface area (Å²) in [6.07, 6.45) is 4.15. The summed E-state index contributed by atoms with van der Waals surface area (Å²) in [4.78, 5) is 0. The molecule has 0 aliphatic carbocycles. The largest absolute Gasteiger partial charge is 0.296 e. The second kappa shape index (κ2) is 2.26. The Morgan fingerprint density at radius 3 is 2.92 bits per heavy atom. The molecule has 3 heteroatoms. The first kappa shape index (κ1) is 6.97. The third-order valence-electron chi connectivity index (χ3n) is 2.59. The summed E-state index contributed by atoms with van der Waals surface area (Å²) >= 11 is 0. The molecule has 2 aliphatic rings. The van der Waals surface area contributed by atoms with E-state index in [1.54, 1.807) is 0 Å². The number of rotatable bonds is 0. The normalized spacial score (nSPS) is 19.5. The fourth-order valence-corrected chi connectivity index (χ4v) is 1.88. The molecule has 0 amide bonds. The van der Waals surface area contributed by atoms with Crippen molar-refractivity contribution in [2.75, 3.05) is 12.1 Å². The molecule has 0 spiro atoms. The van der Waals surface area contributed by atoms with Gasteiger partial charge < -0.3 is 0 Å². The van der Waals surface area contributed by atoms with Crippen molar-refractivity contribution < 1.29 is 0 Å². The second-order valence-electron chi connectivity index (χ2n) is 3.38. The molecule has 0 fully saturated rings. The summed E-state index contributed by atoms with van der Waals surface area (Å²) < 4.78 is 0. The molecule has 2 aliphatic heterocycles. The monoisotopic (exact) mass is 173 g/mol. The summed E-state index contributed by atoms with van der Waals surface area (Å²) in [5.74, 6) is 0. The maximum atomic E-state index is 2.20. The topological polar surface area (TPSA) is 9.72 Å². The number of para-hydroxylation sites is 1. The zero-order chi connectivity index (χ0) is 8.84. The van der Waals surface area contributed by atoms with Crippen molar-refractivity contribution in [1.29, 1.82) is 0 Å². The first-order chi connectivity index (χ1) is 6.36. The maximum Gasteiger partial charge on any atom is 0.0668 e. The van der Waals surface area contributed by atoms with Gasteiger partial charge in [0.05, 0.1) is 12.2 Å². The maximum absolute atomic E-state index is 2.20. The summed E-state index contributed by atoms with van der Waals surface area (Å²) in [7, 11) is 2.06. The molecule has 0 N–H and O–H groups in total. The fraction of sp³-hybridized carbons (Fsp3) is 0.200. The minimum absolute atomic E-state index is 0.972. The predicted molar refractivity (Wildman–Crippen MR) is 51.4 cm³/mol. The highest BCUT2D eigenvalue weighted by molar-refractivity contribution is 5.58.